The van der Waals surface area contributed by atoms with E-state index in [-0.39, 0.29) is 0 Å². The number of benzene rings is 2. The molecule has 0 saturated heterocycles. The molecule has 2 heteroatoms. The van der Waals surface area contributed by atoms with E-state index in [1.54, 1.807) is 0 Å². The van der Waals surface area contributed by atoms with Crippen molar-refractivity contribution in [1.82, 2.24) is 0 Å². The van der Waals surface area contributed by atoms with Gasteiger partial charge in [-0.25, -0.2) is 0 Å². The van der Waals surface area contributed by atoms with Crippen molar-refractivity contribution in [3.8, 4) is 11.5 Å². The van der Waals surface area contributed by atoms with Gasteiger partial charge in [-0.05, 0) is 59.3 Å². The van der Waals surface area contributed by atoms with E-state index in [2.05, 4.69) is 47.7 Å². The highest BCUT2D eigenvalue weighted by Gasteiger charge is 2.01. The average molecular weight is 310 g/mol. The second-order valence-corrected chi connectivity index (χ2v) is 4.51. The summed E-state index contributed by atoms with van der Waals surface area (Å²) in [6.45, 7) is 2.06. The van der Waals surface area contributed by atoms with Gasteiger partial charge >= 0.3 is 0 Å². The van der Waals surface area contributed by atoms with Crippen molar-refractivity contribution >= 4 is 22.6 Å². The van der Waals surface area contributed by atoms with Crippen LogP contribution in [-0.4, -0.2) is 0 Å². The maximum Gasteiger partial charge on any atom is 0.141 e. The van der Waals surface area contributed by atoms with Gasteiger partial charge in [0.25, 0.3) is 0 Å². The summed E-state index contributed by atoms with van der Waals surface area (Å²) in [6, 6.07) is 16.0. The van der Waals surface area contributed by atoms with Crippen molar-refractivity contribution in [1.29, 1.82) is 0 Å². The summed E-state index contributed by atoms with van der Waals surface area (Å²) >= 11 is 2.28. The number of halogens is 1. The molecule has 0 aliphatic heterocycles. The quantitative estimate of drug-likeness (QED) is 0.748. The Bertz CT molecular complexity index is 451. The molecule has 0 aliphatic carbocycles. The van der Waals surface area contributed by atoms with E-state index in [1.165, 1.54) is 5.56 Å². The highest BCUT2D eigenvalue weighted by Crippen LogP contribution is 2.27. The number of para-hydroxylation sites is 1. The lowest BCUT2D eigenvalue weighted by atomic mass is 10.2. The molecule has 0 saturated carbocycles. The van der Waals surface area contributed by atoms with E-state index < -0.39 is 0 Å². The third-order valence-electron chi connectivity index (χ3n) is 2.06. The van der Waals surface area contributed by atoms with Gasteiger partial charge < -0.3 is 4.74 Å². The van der Waals surface area contributed by atoms with Gasteiger partial charge in [-0.15, -0.1) is 0 Å². The summed E-state index contributed by atoms with van der Waals surface area (Å²) in [4.78, 5) is 0. The zero-order valence-electron chi connectivity index (χ0n) is 8.41. The number of hydrogen-bond acceptors (Lipinski definition) is 1. The molecule has 76 valence electrons. The van der Waals surface area contributed by atoms with E-state index in [4.69, 9.17) is 4.74 Å². The first-order valence-electron chi connectivity index (χ1n) is 4.75. The van der Waals surface area contributed by atoms with Crippen molar-refractivity contribution in [3.05, 3.63) is 57.7 Å². The van der Waals surface area contributed by atoms with Crippen LogP contribution in [0.4, 0.5) is 0 Å². The highest BCUT2D eigenvalue weighted by atomic mass is 127. The molecule has 15 heavy (non-hydrogen) atoms. The fourth-order valence-electron chi connectivity index (χ4n) is 1.30. The van der Waals surface area contributed by atoms with Gasteiger partial charge in [0, 0.05) is 0 Å². The summed E-state index contributed by atoms with van der Waals surface area (Å²) < 4.78 is 6.91. The van der Waals surface area contributed by atoms with Crippen molar-refractivity contribution in [3.63, 3.8) is 0 Å². The van der Waals surface area contributed by atoms with Crippen LogP contribution in [0, 0.1) is 10.5 Å². The largest absolute Gasteiger partial charge is 0.456 e. The molecule has 0 fully saturated rings. The molecule has 0 aromatic heterocycles. The topological polar surface area (TPSA) is 9.23 Å². The first-order valence-corrected chi connectivity index (χ1v) is 5.82. The summed E-state index contributed by atoms with van der Waals surface area (Å²) in [5.41, 5.74) is 1.21. The van der Waals surface area contributed by atoms with Crippen LogP contribution in [-0.2, 0) is 0 Å². The lowest BCUT2D eigenvalue weighted by Gasteiger charge is -2.08. The molecule has 0 heterocycles. The van der Waals surface area contributed by atoms with Crippen LogP contribution in [0.2, 0.25) is 0 Å². The van der Waals surface area contributed by atoms with Gasteiger partial charge in [-0.1, -0.05) is 24.3 Å². The zero-order chi connectivity index (χ0) is 10.7. The molecule has 2 rings (SSSR count). The molecule has 0 N–H and O–H groups in total. The Morgan fingerprint density at radius 1 is 1.00 bits per heavy atom. The lowest BCUT2D eigenvalue weighted by Crippen LogP contribution is -1.87. The predicted molar refractivity (Wildman–Crippen MR) is 70.4 cm³/mol. The molecule has 2 aromatic rings. The Kier molecular flexibility index (Phi) is 3.26. The van der Waals surface area contributed by atoms with E-state index in [9.17, 15) is 0 Å². The maximum atomic E-state index is 5.78. The summed E-state index contributed by atoms with van der Waals surface area (Å²) in [5.74, 6) is 1.79. The molecule has 0 amide bonds. The highest BCUT2D eigenvalue weighted by molar-refractivity contribution is 14.1. The van der Waals surface area contributed by atoms with Crippen LogP contribution >= 0.6 is 22.6 Å². The molecular weight excluding hydrogens is 299 g/mol. The number of hydrogen-bond donors (Lipinski definition) is 0. The van der Waals surface area contributed by atoms with Crippen molar-refractivity contribution < 1.29 is 4.74 Å². The molecular formula is C13H11IO. The fourth-order valence-corrected chi connectivity index (χ4v) is 1.75. The van der Waals surface area contributed by atoms with Crippen LogP contribution in [0.5, 0.6) is 11.5 Å². The Labute approximate surface area is 103 Å². The van der Waals surface area contributed by atoms with Crippen LogP contribution in [0.3, 0.4) is 0 Å². The third-order valence-corrected chi connectivity index (χ3v) is 2.95. The fraction of sp³-hybridized carbons (Fsp3) is 0.0769. The Morgan fingerprint density at radius 2 is 1.73 bits per heavy atom. The second kappa shape index (κ2) is 4.66. The van der Waals surface area contributed by atoms with Crippen LogP contribution in [0.25, 0.3) is 0 Å². The van der Waals surface area contributed by atoms with Gasteiger partial charge in [0.05, 0.1) is 3.57 Å². The minimum atomic E-state index is 0.876. The van der Waals surface area contributed by atoms with Crippen LogP contribution < -0.4 is 4.74 Å². The summed E-state index contributed by atoms with van der Waals surface area (Å²) in [5, 5.41) is 0. The van der Waals surface area contributed by atoms with Gasteiger partial charge in [0.2, 0.25) is 0 Å². The average Bonchev–Trinajstić information content (AvgIpc) is 2.25. The molecule has 2 aromatic carbocycles. The first kappa shape index (κ1) is 10.5. The molecule has 0 bridgehead atoms. The van der Waals surface area contributed by atoms with Gasteiger partial charge in [-0.3, -0.25) is 0 Å². The van der Waals surface area contributed by atoms with E-state index in [0.717, 1.165) is 15.1 Å². The summed E-state index contributed by atoms with van der Waals surface area (Å²) in [6.07, 6.45) is 0. The molecule has 0 atom stereocenters. The molecule has 0 unspecified atom stereocenters. The SMILES string of the molecule is Cc1ccc(I)c(Oc2ccccc2)c1. The van der Waals surface area contributed by atoms with Crippen molar-refractivity contribution in [2.45, 2.75) is 6.92 Å². The van der Waals surface area contributed by atoms with Crippen molar-refractivity contribution in [2.75, 3.05) is 0 Å². The summed E-state index contributed by atoms with van der Waals surface area (Å²) in [7, 11) is 0. The second-order valence-electron chi connectivity index (χ2n) is 3.35. The Balaban J connectivity index is 2.28. The Hall–Kier alpha value is -1.03. The van der Waals surface area contributed by atoms with Gasteiger partial charge in [0.15, 0.2) is 0 Å². The third kappa shape index (κ3) is 2.72. The minimum absolute atomic E-state index is 0.876. The number of ether oxygens (including phenoxy) is 1. The molecule has 1 nitrogen and oxygen atoms in total. The maximum absolute atomic E-state index is 5.78. The standard InChI is InChI=1S/C13H11IO/c1-10-7-8-12(14)13(9-10)15-11-5-3-2-4-6-11/h2-9H,1H3. The smallest absolute Gasteiger partial charge is 0.141 e. The lowest BCUT2D eigenvalue weighted by molar-refractivity contribution is 0.479. The molecule has 0 aliphatic rings. The zero-order valence-corrected chi connectivity index (χ0v) is 10.6. The Morgan fingerprint density at radius 3 is 2.47 bits per heavy atom. The predicted octanol–water partition coefficient (Wildman–Crippen LogP) is 4.39. The number of rotatable bonds is 2. The minimum Gasteiger partial charge on any atom is -0.456 e. The van der Waals surface area contributed by atoms with Crippen LogP contribution in [0.15, 0.2) is 48.5 Å². The van der Waals surface area contributed by atoms with E-state index in [0.29, 0.717) is 0 Å². The molecule has 0 spiro atoms. The van der Waals surface area contributed by atoms with E-state index >= 15 is 0 Å². The van der Waals surface area contributed by atoms with Crippen molar-refractivity contribution in [2.24, 2.45) is 0 Å². The van der Waals surface area contributed by atoms with Crippen LogP contribution in [0.1, 0.15) is 5.56 Å². The number of aryl methyl sites for hydroxylation is 1. The van der Waals surface area contributed by atoms with E-state index in [1.807, 2.05) is 30.3 Å². The monoisotopic (exact) mass is 310 g/mol. The molecule has 0 radical (unpaired) electrons. The van der Waals surface area contributed by atoms with Gasteiger partial charge in [0.1, 0.15) is 11.5 Å². The first-order chi connectivity index (χ1) is 7.25. The van der Waals surface area contributed by atoms with Gasteiger partial charge in [-0.2, -0.15) is 0 Å². The normalized spacial score (nSPS) is 10.0.